The molecule has 0 N–H and O–H groups in total. The van der Waals surface area contributed by atoms with E-state index >= 15 is 0 Å². The fourth-order valence-electron chi connectivity index (χ4n) is 3.25. The third-order valence-corrected chi connectivity index (χ3v) is 4.86. The van der Waals surface area contributed by atoms with Crippen LogP contribution in [0.2, 0.25) is 0 Å². The molecule has 0 saturated heterocycles. The Labute approximate surface area is 164 Å². The van der Waals surface area contributed by atoms with Crippen LogP contribution in [-0.2, 0) is 11.2 Å². The van der Waals surface area contributed by atoms with Crippen molar-refractivity contribution in [1.29, 1.82) is 0 Å². The van der Waals surface area contributed by atoms with Crippen molar-refractivity contribution in [2.75, 3.05) is 4.90 Å². The number of benzene rings is 2. The Balaban J connectivity index is 2.16. The summed E-state index contributed by atoms with van der Waals surface area (Å²) in [6, 6.07) is 6.07. The molecule has 7 heteroatoms. The van der Waals surface area contributed by atoms with Gasteiger partial charge in [0, 0.05) is 5.56 Å². The number of hydrogen-bond acceptors (Lipinski definition) is 2. The number of carbonyl (C=O) groups is 1. The van der Waals surface area contributed by atoms with Gasteiger partial charge in [-0.1, -0.05) is 12.1 Å². The fourth-order valence-corrected chi connectivity index (χ4v) is 3.69. The van der Waals surface area contributed by atoms with E-state index in [1.54, 1.807) is 26.8 Å². The lowest BCUT2D eigenvalue weighted by Gasteiger charge is -2.38. The summed E-state index contributed by atoms with van der Waals surface area (Å²) in [5.41, 5.74) is -0.397. The Morgan fingerprint density at radius 1 is 1.22 bits per heavy atom. The second-order valence-corrected chi connectivity index (χ2v) is 8.30. The minimum absolute atomic E-state index is 0.00732. The molecule has 1 amide bonds. The lowest BCUT2D eigenvalue weighted by atomic mass is 9.91. The lowest BCUT2D eigenvalue weighted by molar-refractivity contribution is 0.0558. The third kappa shape index (κ3) is 3.98. The van der Waals surface area contributed by atoms with Gasteiger partial charge in [-0.15, -0.1) is 0 Å². The van der Waals surface area contributed by atoms with Crippen molar-refractivity contribution < 1.29 is 22.7 Å². The first-order valence-corrected chi connectivity index (χ1v) is 9.32. The molecule has 1 heterocycles. The maximum Gasteiger partial charge on any atom is 0.415 e. The number of hydrogen-bond donors (Lipinski definition) is 0. The topological polar surface area (TPSA) is 29.5 Å². The van der Waals surface area contributed by atoms with E-state index in [0.717, 1.165) is 11.0 Å². The van der Waals surface area contributed by atoms with Gasteiger partial charge in [0.2, 0.25) is 0 Å². The van der Waals surface area contributed by atoms with E-state index in [1.807, 2.05) is 0 Å². The number of fused-ring (bicyclic) bond motifs is 1. The van der Waals surface area contributed by atoms with Gasteiger partial charge in [-0.3, -0.25) is 4.90 Å². The molecule has 0 aliphatic carbocycles. The van der Waals surface area contributed by atoms with Crippen LogP contribution in [0.25, 0.3) is 0 Å². The van der Waals surface area contributed by atoms with Crippen molar-refractivity contribution in [3.8, 4) is 0 Å². The zero-order chi connectivity index (χ0) is 19.9. The monoisotopic (exact) mass is 441 g/mol. The van der Waals surface area contributed by atoms with Gasteiger partial charge in [-0.2, -0.15) is 0 Å². The lowest BCUT2D eigenvalue weighted by Crippen LogP contribution is -2.42. The van der Waals surface area contributed by atoms with Gasteiger partial charge >= 0.3 is 6.09 Å². The maximum atomic E-state index is 14.8. The number of rotatable bonds is 1. The molecular formula is C20H19BrF3NO2. The third-order valence-electron chi connectivity index (χ3n) is 4.28. The fraction of sp³-hybridized carbons (Fsp3) is 0.350. The second kappa shape index (κ2) is 7.19. The number of carbonyl (C=O) groups excluding carboxylic acids is 1. The SMILES string of the molecule is CC(C)(C)OC(=O)N1c2c(F)cc(Br)c(F)c2CCC1c1cccc(F)c1. The number of nitrogens with zero attached hydrogens (tertiary/aromatic N) is 1. The van der Waals surface area contributed by atoms with Crippen LogP contribution in [0.1, 0.15) is 44.4 Å². The van der Waals surface area contributed by atoms with Gasteiger partial charge in [0.15, 0.2) is 0 Å². The molecule has 1 aliphatic rings. The molecule has 0 bridgehead atoms. The van der Waals surface area contributed by atoms with Crippen LogP contribution in [0.15, 0.2) is 34.8 Å². The van der Waals surface area contributed by atoms with E-state index in [1.165, 1.54) is 18.2 Å². The first kappa shape index (κ1) is 19.7. The Morgan fingerprint density at radius 3 is 2.56 bits per heavy atom. The second-order valence-electron chi connectivity index (χ2n) is 7.44. The zero-order valence-electron chi connectivity index (χ0n) is 15.2. The summed E-state index contributed by atoms with van der Waals surface area (Å²) in [4.78, 5) is 14.0. The number of anilines is 1. The highest BCUT2D eigenvalue weighted by molar-refractivity contribution is 9.10. The highest BCUT2D eigenvalue weighted by Gasteiger charge is 2.38. The summed E-state index contributed by atoms with van der Waals surface area (Å²) >= 11 is 3.00. The summed E-state index contributed by atoms with van der Waals surface area (Å²) in [7, 11) is 0. The highest BCUT2D eigenvalue weighted by atomic mass is 79.9. The average Bonchev–Trinajstić information content (AvgIpc) is 2.57. The van der Waals surface area contributed by atoms with Crippen LogP contribution in [0.3, 0.4) is 0 Å². The standard InChI is InChI=1S/C20H19BrF3NO2/c1-20(2,3)27-19(26)25-16(11-5-4-6-12(22)9-11)8-7-13-17(24)14(21)10-15(23)18(13)25/h4-6,9-10,16H,7-8H2,1-3H3. The van der Waals surface area contributed by atoms with Gasteiger partial charge < -0.3 is 4.74 Å². The van der Waals surface area contributed by atoms with Crippen LogP contribution in [0.4, 0.5) is 23.7 Å². The molecule has 3 rings (SSSR count). The van der Waals surface area contributed by atoms with E-state index in [4.69, 9.17) is 4.74 Å². The quantitative estimate of drug-likeness (QED) is 0.486. The minimum atomic E-state index is -0.828. The molecule has 144 valence electrons. The first-order valence-electron chi connectivity index (χ1n) is 8.52. The smallest absolute Gasteiger partial charge is 0.415 e. The van der Waals surface area contributed by atoms with Crippen molar-refractivity contribution in [1.82, 2.24) is 0 Å². The van der Waals surface area contributed by atoms with Gasteiger partial charge in [-0.05, 0) is 73.3 Å². The van der Waals surface area contributed by atoms with Crippen LogP contribution in [0.5, 0.6) is 0 Å². The van der Waals surface area contributed by atoms with Gasteiger partial charge in [-0.25, -0.2) is 18.0 Å². The zero-order valence-corrected chi connectivity index (χ0v) is 16.7. The Kier molecular flexibility index (Phi) is 5.25. The predicted molar refractivity (Wildman–Crippen MR) is 100 cm³/mol. The predicted octanol–water partition coefficient (Wildman–Crippen LogP) is 6.30. The van der Waals surface area contributed by atoms with Crippen molar-refractivity contribution in [3.63, 3.8) is 0 Å². The van der Waals surface area contributed by atoms with E-state index in [9.17, 15) is 18.0 Å². The van der Waals surface area contributed by atoms with Crippen LogP contribution in [0, 0.1) is 17.5 Å². The first-order chi connectivity index (χ1) is 12.6. The number of ether oxygens (including phenoxy) is 1. The Morgan fingerprint density at radius 2 is 1.93 bits per heavy atom. The van der Waals surface area contributed by atoms with Crippen LogP contribution in [-0.4, -0.2) is 11.7 Å². The Bertz CT molecular complexity index is 896. The van der Waals surface area contributed by atoms with Crippen molar-refractivity contribution in [2.24, 2.45) is 0 Å². The van der Waals surface area contributed by atoms with E-state index in [0.29, 0.717) is 12.0 Å². The Hall–Kier alpha value is -2.02. The van der Waals surface area contributed by atoms with Crippen LogP contribution >= 0.6 is 15.9 Å². The van der Waals surface area contributed by atoms with Crippen molar-refractivity contribution >= 4 is 27.7 Å². The van der Waals surface area contributed by atoms with Crippen molar-refractivity contribution in [2.45, 2.75) is 45.3 Å². The van der Waals surface area contributed by atoms with Gasteiger partial charge in [0.05, 0.1) is 16.2 Å². The summed E-state index contributed by atoms with van der Waals surface area (Å²) in [5, 5.41) is 0. The molecule has 2 aromatic carbocycles. The molecule has 0 fully saturated rings. The normalized spacial score (nSPS) is 16.9. The minimum Gasteiger partial charge on any atom is -0.443 e. The summed E-state index contributed by atoms with van der Waals surface area (Å²) in [6.07, 6.45) is -0.293. The highest BCUT2D eigenvalue weighted by Crippen LogP contribution is 2.43. The largest absolute Gasteiger partial charge is 0.443 e. The van der Waals surface area contributed by atoms with Crippen molar-refractivity contribution in [3.05, 3.63) is 63.4 Å². The van der Waals surface area contributed by atoms with Gasteiger partial charge in [0.1, 0.15) is 23.1 Å². The molecule has 1 atom stereocenters. The van der Waals surface area contributed by atoms with E-state index in [2.05, 4.69) is 15.9 Å². The molecule has 0 spiro atoms. The van der Waals surface area contributed by atoms with E-state index in [-0.39, 0.29) is 22.1 Å². The van der Waals surface area contributed by atoms with Crippen LogP contribution < -0.4 is 4.90 Å². The molecule has 1 aliphatic heterocycles. The van der Waals surface area contributed by atoms with E-state index < -0.39 is 35.2 Å². The van der Waals surface area contributed by atoms with Gasteiger partial charge in [0.25, 0.3) is 0 Å². The number of halogens is 4. The molecule has 0 radical (unpaired) electrons. The summed E-state index contributed by atoms with van der Waals surface area (Å²) in [5.74, 6) is -1.83. The summed E-state index contributed by atoms with van der Waals surface area (Å²) in [6.45, 7) is 5.06. The molecule has 3 nitrogen and oxygen atoms in total. The molecule has 0 aromatic heterocycles. The molecule has 1 unspecified atom stereocenters. The molecule has 2 aromatic rings. The molecular weight excluding hydrogens is 423 g/mol. The summed E-state index contributed by atoms with van der Waals surface area (Å²) < 4.78 is 48.5. The maximum absolute atomic E-state index is 14.8. The molecule has 27 heavy (non-hydrogen) atoms. The average molecular weight is 442 g/mol. The number of amides is 1. The molecule has 0 saturated carbocycles.